The van der Waals surface area contributed by atoms with Crippen LogP contribution in [-0.2, 0) is 14.6 Å². The molecule has 0 spiro atoms. The van der Waals surface area contributed by atoms with Crippen molar-refractivity contribution in [2.45, 2.75) is 12.5 Å². The minimum Gasteiger partial charge on any atom is -0.495 e. The van der Waals surface area contributed by atoms with Gasteiger partial charge < -0.3 is 15.0 Å². The van der Waals surface area contributed by atoms with E-state index in [-0.39, 0.29) is 30.0 Å². The Labute approximate surface area is 135 Å². The van der Waals surface area contributed by atoms with Crippen molar-refractivity contribution in [2.24, 2.45) is 0 Å². The third kappa shape index (κ3) is 4.34. The summed E-state index contributed by atoms with van der Waals surface area (Å²) in [4.78, 5) is 13.0. The number of likely N-dealkylation sites (N-methyl/N-ethyl adjacent to an activating group) is 1. The predicted octanol–water partition coefficient (Wildman–Crippen LogP) is -0.0111. The van der Waals surface area contributed by atoms with Crippen molar-refractivity contribution >= 4 is 33.0 Å². The van der Waals surface area contributed by atoms with Crippen LogP contribution < -0.4 is 15.0 Å². The number of carbonyl (C=O) groups excluding carboxylic acids is 1. The Kier molecular flexibility index (Phi) is 5.31. The van der Waals surface area contributed by atoms with E-state index in [1.54, 1.807) is 18.2 Å². The summed E-state index contributed by atoms with van der Waals surface area (Å²) in [5.41, 5.74) is 0.506. The van der Waals surface area contributed by atoms with Crippen LogP contribution in [0.1, 0.15) is 6.42 Å². The van der Waals surface area contributed by atoms with Gasteiger partial charge in [0.15, 0.2) is 16.4 Å². The molecular formula is C14H20ClN2O4S+. The monoisotopic (exact) mass is 347 g/mol. The molecule has 2 N–H and O–H groups in total. The Bertz CT molecular complexity index is 663. The van der Waals surface area contributed by atoms with Gasteiger partial charge in [0.05, 0.1) is 25.6 Å². The lowest BCUT2D eigenvalue weighted by Crippen LogP contribution is -3.14. The van der Waals surface area contributed by atoms with Crippen molar-refractivity contribution in [3.8, 4) is 5.75 Å². The lowest BCUT2D eigenvalue weighted by atomic mass is 10.2. The first-order valence-corrected chi connectivity index (χ1v) is 9.17. The van der Waals surface area contributed by atoms with E-state index in [0.29, 0.717) is 22.9 Å². The number of quaternary nitrogens is 1. The van der Waals surface area contributed by atoms with E-state index in [1.807, 2.05) is 7.05 Å². The van der Waals surface area contributed by atoms with Crippen LogP contribution in [0.2, 0.25) is 5.02 Å². The molecule has 1 unspecified atom stereocenters. The van der Waals surface area contributed by atoms with Gasteiger partial charge in [-0.1, -0.05) is 11.6 Å². The van der Waals surface area contributed by atoms with Crippen LogP contribution in [0.5, 0.6) is 5.75 Å². The molecule has 0 saturated carbocycles. The number of benzene rings is 1. The highest BCUT2D eigenvalue weighted by Crippen LogP contribution is 2.27. The fraction of sp³-hybridized carbons (Fsp3) is 0.500. The SMILES string of the molecule is COc1ccc(Cl)cc1NC(=O)C[NH+](C)[C@@H]1CCS(=O)(=O)C1. The summed E-state index contributed by atoms with van der Waals surface area (Å²) in [6.07, 6.45) is 0.599. The Morgan fingerprint density at radius 2 is 2.23 bits per heavy atom. The van der Waals surface area contributed by atoms with Gasteiger partial charge in [0.25, 0.3) is 5.91 Å². The lowest BCUT2D eigenvalue weighted by Gasteiger charge is -2.19. The molecule has 1 aromatic carbocycles. The zero-order valence-electron chi connectivity index (χ0n) is 12.6. The van der Waals surface area contributed by atoms with Gasteiger partial charge in [-0.05, 0) is 18.2 Å². The van der Waals surface area contributed by atoms with Gasteiger partial charge in [0, 0.05) is 11.4 Å². The number of hydrogen-bond donors (Lipinski definition) is 2. The molecule has 1 aliphatic rings. The smallest absolute Gasteiger partial charge is 0.279 e. The highest BCUT2D eigenvalue weighted by molar-refractivity contribution is 7.91. The second kappa shape index (κ2) is 6.85. The number of sulfone groups is 1. The third-order valence-electron chi connectivity index (χ3n) is 3.80. The number of rotatable bonds is 5. The topological polar surface area (TPSA) is 76.9 Å². The lowest BCUT2D eigenvalue weighted by molar-refractivity contribution is -0.894. The fourth-order valence-electron chi connectivity index (χ4n) is 2.55. The maximum atomic E-state index is 12.1. The average molecular weight is 348 g/mol. The standard InChI is InChI=1S/C14H19ClN2O4S/c1-17(11-5-6-22(19,20)9-11)8-14(18)16-12-7-10(15)3-4-13(12)21-2/h3-4,7,11H,5-6,8-9H2,1-2H3,(H,16,18)/p+1/t11-/m1/s1. The number of ether oxygens (including phenoxy) is 1. The molecule has 8 heteroatoms. The van der Waals surface area contributed by atoms with E-state index < -0.39 is 9.84 Å². The summed E-state index contributed by atoms with van der Waals surface area (Å²) >= 11 is 5.92. The van der Waals surface area contributed by atoms with Crippen LogP contribution in [0.25, 0.3) is 0 Å². The van der Waals surface area contributed by atoms with Gasteiger partial charge in [-0.25, -0.2) is 8.42 Å². The maximum Gasteiger partial charge on any atom is 0.279 e. The number of amides is 1. The number of carbonyl (C=O) groups is 1. The van der Waals surface area contributed by atoms with Gasteiger partial charge in [-0.2, -0.15) is 0 Å². The van der Waals surface area contributed by atoms with Crippen LogP contribution in [-0.4, -0.2) is 52.6 Å². The Morgan fingerprint density at radius 1 is 1.50 bits per heavy atom. The molecule has 1 fully saturated rings. The number of halogens is 1. The zero-order valence-corrected chi connectivity index (χ0v) is 14.1. The molecule has 0 radical (unpaired) electrons. The largest absolute Gasteiger partial charge is 0.495 e. The summed E-state index contributed by atoms with van der Waals surface area (Å²) in [6, 6.07) is 4.94. The second-order valence-corrected chi connectivity index (χ2v) is 8.18. The number of anilines is 1. The van der Waals surface area contributed by atoms with Crippen molar-refractivity contribution in [3.05, 3.63) is 23.2 Å². The minimum atomic E-state index is -2.94. The van der Waals surface area contributed by atoms with Crippen LogP contribution in [0.4, 0.5) is 5.69 Å². The number of methoxy groups -OCH3 is 1. The Balaban J connectivity index is 1.97. The molecule has 2 rings (SSSR count). The van der Waals surface area contributed by atoms with Crippen molar-refractivity contribution in [3.63, 3.8) is 0 Å². The average Bonchev–Trinajstić information content (AvgIpc) is 2.79. The highest BCUT2D eigenvalue weighted by Gasteiger charge is 2.34. The van der Waals surface area contributed by atoms with E-state index in [0.717, 1.165) is 4.90 Å². The van der Waals surface area contributed by atoms with Crippen LogP contribution >= 0.6 is 11.6 Å². The normalized spacial score (nSPS) is 21.3. The van der Waals surface area contributed by atoms with E-state index >= 15 is 0 Å². The fourth-order valence-corrected chi connectivity index (χ4v) is 4.60. The summed E-state index contributed by atoms with van der Waals surface area (Å²) in [7, 11) is 0.406. The molecule has 1 aromatic rings. The van der Waals surface area contributed by atoms with Gasteiger partial charge in [-0.15, -0.1) is 0 Å². The first-order valence-electron chi connectivity index (χ1n) is 6.97. The molecular weight excluding hydrogens is 328 g/mol. The van der Waals surface area contributed by atoms with Gasteiger partial charge in [0.1, 0.15) is 17.5 Å². The maximum absolute atomic E-state index is 12.1. The number of nitrogens with one attached hydrogen (secondary N) is 2. The van der Waals surface area contributed by atoms with E-state index in [1.165, 1.54) is 7.11 Å². The van der Waals surface area contributed by atoms with E-state index in [4.69, 9.17) is 16.3 Å². The summed E-state index contributed by atoms with van der Waals surface area (Å²) in [5, 5.41) is 3.26. The van der Waals surface area contributed by atoms with Crippen LogP contribution in [0, 0.1) is 0 Å². The Hall–Kier alpha value is -1.31. The quantitative estimate of drug-likeness (QED) is 0.785. The predicted molar refractivity (Wildman–Crippen MR) is 85.4 cm³/mol. The molecule has 122 valence electrons. The van der Waals surface area contributed by atoms with Crippen LogP contribution in [0.15, 0.2) is 18.2 Å². The second-order valence-electron chi connectivity index (χ2n) is 5.52. The first-order chi connectivity index (χ1) is 10.3. The van der Waals surface area contributed by atoms with E-state index in [9.17, 15) is 13.2 Å². The summed E-state index contributed by atoms with van der Waals surface area (Å²) < 4.78 is 28.2. The van der Waals surface area contributed by atoms with Crippen molar-refractivity contribution < 1.29 is 22.8 Å². The molecule has 0 bridgehead atoms. The van der Waals surface area contributed by atoms with Crippen molar-refractivity contribution in [2.75, 3.05) is 37.5 Å². The Morgan fingerprint density at radius 3 is 2.82 bits per heavy atom. The molecule has 2 atom stereocenters. The molecule has 0 aromatic heterocycles. The zero-order chi connectivity index (χ0) is 16.3. The van der Waals surface area contributed by atoms with Gasteiger partial charge in [-0.3, -0.25) is 4.79 Å². The first kappa shape index (κ1) is 17.1. The van der Waals surface area contributed by atoms with Gasteiger partial charge in [0.2, 0.25) is 0 Å². The summed E-state index contributed by atoms with van der Waals surface area (Å²) in [5.74, 6) is 0.673. The third-order valence-corrected chi connectivity index (χ3v) is 5.81. The molecule has 0 aliphatic carbocycles. The highest BCUT2D eigenvalue weighted by atomic mass is 35.5. The van der Waals surface area contributed by atoms with Crippen molar-refractivity contribution in [1.82, 2.24) is 0 Å². The van der Waals surface area contributed by atoms with Crippen molar-refractivity contribution in [1.29, 1.82) is 0 Å². The molecule has 22 heavy (non-hydrogen) atoms. The molecule has 1 aliphatic heterocycles. The van der Waals surface area contributed by atoms with Gasteiger partial charge >= 0.3 is 0 Å². The molecule has 6 nitrogen and oxygen atoms in total. The van der Waals surface area contributed by atoms with E-state index in [2.05, 4.69) is 5.32 Å². The molecule has 1 heterocycles. The molecule has 1 amide bonds. The number of hydrogen-bond acceptors (Lipinski definition) is 4. The van der Waals surface area contributed by atoms with Crippen LogP contribution in [0.3, 0.4) is 0 Å². The minimum absolute atomic E-state index is 0.0305. The summed E-state index contributed by atoms with van der Waals surface area (Å²) in [6.45, 7) is 0.190. The molecule has 1 saturated heterocycles.